The molecule has 0 fully saturated rings. The number of esters is 1. The molecule has 0 radical (unpaired) electrons. The van der Waals surface area contributed by atoms with E-state index in [9.17, 15) is 4.79 Å². The van der Waals surface area contributed by atoms with E-state index in [1.165, 1.54) is 0 Å². The van der Waals surface area contributed by atoms with Crippen LogP contribution in [0.4, 0.5) is 0 Å². The zero-order valence-corrected chi connectivity index (χ0v) is 6.43. The van der Waals surface area contributed by atoms with Crippen LogP contribution in [0.5, 0.6) is 0 Å². The second-order valence-electron chi connectivity index (χ2n) is 2.11. The standard InChI is InChI=1S/C7H15NO2/c1-2-3-6-10-7(9)4-5-8/h2-6,8H2,1H3. The van der Waals surface area contributed by atoms with E-state index in [1.807, 2.05) is 0 Å². The Balaban J connectivity index is 3.05. The van der Waals surface area contributed by atoms with Gasteiger partial charge in [0.25, 0.3) is 0 Å². The molecule has 0 aliphatic carbocycles. The zero-order valence-electron chi connectivity index (χ0n) is 6.43. The van der Waals surface area contributed by atoms with Crippen LogP contribution in [0.1, 0.15) is 26.2 Å². The highest BCUT2D eigenvalue weighted by Gasteiger charge is 1.97. The topological polar surface area (TPSA) is 52.3 Å². The Morgan fingerprint density at radius 2 is 2.30 bits per heavy atom. The predicted octanol–water partition coefficient (Wildman–Crippen LogP) is 0.678. The van der Waals surface area contributed by atoms with Gasteiger partial charge in [0, 0.05) is 6.54 Å². The molecule has 0 unspecified atom stereocenters. The molecule has 0 amide bonds. The van der Waals surface area contributed by atoms with Crippen molar-refractivity contribution < 1.29 is 9.53 Å². The van der Waals surface area contributed by atoms with Gasteiger partial charge < -0.3 is 10.5 Å². The summed E-state index contributed by atoms with van der Waals surface area (Å²) in [7, 11) is 0. The summed E-state index contributed by atoms with van der Waals surface area (Å²) in [5.41, 5.74) is 5.13. The Morgan fingerprint density at radius 1 is 1.60 bits per heavy atom. The second-order valence-corrected chi connectivity index (χ2v) is 2.11. The normalized spacial score (nSPS) is 9.40. The molecule has 0 rings (SSSR count). The fourth-order valence-corrected chi connectivity index (χ4v) is 0.520. The third-order valence-electron chi connectivity index (χ3n) is 1.11. The first-order valence-electron chi connectivity index (χ1n) is 3.67. The molecule has 60 valence electrons. The van der Waals surface area contributed by atoms with Crippen molar-refractivity contribution in [3.63, 3.8) is 0 Å². The quantitative estimate of drug-likeness (QED) is 0.457. The molecular formula is C7H15NO2. The number of hydrogen-bond donors (Lipinski definition) is 1. The van der Waals surface area contributed by atoms with Gasteiger partial charge in [-0.15, -0.1) is 0 Å². The van der Waals surface area contributed by atoms with Crippen molar-refractivity contribution in [2.45, 2.75) is 26.2 Å². The molecule has 10 heavy (non-hydrogen) atoms. The molecular weight excluding hydrogens is 130 g/mol. The number of rotatable bonds is 5. The summed E-state index contributed by atoms with van der Waals surface area (Å²) in [5.74, 6) is -0.184. The smallest absolute Gasteiger partial charge is 0.307 e. The Labute approximate surface area is 61.5 Å². The van der Waals surface area contributed by atoms with Crippen molar-refractivity contribution in [2.24, 2.45) is 5.73 Å². The maximum absolute atomic E-state index is 10.6. The van der Waals surface area contributed by atoms with E-state index in [0.29, 0.717) is 19.6 Å². The molecule has 0 aliphatic rings. The van der Waals surface area contributed by atoms with Crippen molar-refractivity contribution >= 4 is 5.97 Å². The van der Waals surface area contributed by atoms with Gasteiger partial charge in [0.2, 0.25) is 0 Å². The number of carbonyl (C=O) groups is 1. The van der Waals surface area contributed by atoms with Crippen LogP contribution < -0.4 is 5.73 Å². The highest BCUT2D eigenvalue weighted by Crippen LogP contribution is 1.90. The number of hydrogen-bond acceptors (Lipinski definition) is 3. The van der Waals surface area contributed by atoms with Gasteiger partial charge in [-0.3, -0.25) is 4.79 Å². The van der Waals surface area contributed by atoms with E-state index >= 15 is 0 Å². The minimum absolute atomic E-state index is 0.184. The zero-order chi connectivity index (χ0) is 7.82. The van der Waals surface area contributed by atoms with E-state index in [-0.39, 0.29) is 5.97 Å². The lowest BCUT2D eigenvalue weighted by Gasteiger charge is -2.00. The first-order valence-corrected chi connectivity index (χ1v) is 3.67. The maximum Gasteiger partial charge on any atom is 0.307 e. The van der Waals surface area contributed by atoms with Gasteiger partial charge in [-0.2, -0.15) is 0 Å². The summed E-state index contributed by atoms with van der Waals surface area (Å²) in [6.45, 7) is 2.97. The van der Waals surface area contributed by atoms with Crippen LogP contribution >= 0.6 is 0 Å². The lowest BCUT2D eigenvalue weighted by Crippen LogP contribution is -2.11. The summed E-state index contributed by atoms with van der Waals surface area (Å²) in [6, 6.07) is 0. The SMILES string of the molecule is CCCCOC(=O)CCN. The van der Waals surface area contributed by atoms with Gasteiger partial charge >= 0.3 is 5.97 Å². The van der Waals surface area contributed by atoms with E-state index in [2.05, 4.69) is 6.92 Å². The molecule has 3 nitrogen and oxygen atoms in total. The van der Waals surface area contributed by atoms with Gasteiger partial charge in [-0.05, 0) is 6.42 Å². The van der Waals surface area contributed by atoms with Crippen molar-refractivity contribution in [1.29, 1.82) is 0 Å². The van der Waals surface area contributed by atoms with Crippen LogP contribution in [0.25, 0.3) is 0 Å². The molecule has 0 aliphatic heterocycles. The third kappa shape index (κ3) is 5.56. The first-order chi connectivity index (χ1) is 4.81. The van der Waals surface area contributed by atoms with E-state index < -0.39 is 0 Å². The lowest BCUT2D eigenvalue weighted by molar-refractivity contribution is -0.143. The highest BCUT2D eigenvalue weighted by atomic mass is 16.5. The molecule has 0 aromatic heterocycles. The second kappa shape index (κ2) is 6.55. The number of nitrogens with two attached hydrogens (primary N) is 1. The van der Waals surface area contributed by atoms with Crippen molar-refractivity contribution in [1.82, 2.24) is 0 Å². The van der Waals surface area contributed by atoms with E-state index in [4.69, 9.17) is 10.5 Å². The van der Waals surface area contributed by atoms with Gasteiger partial charge in [-0.1, -0.05) is 13.3 Å². The van der Waals surface area contributed by atoms with Crippen molar-refractivity contribution in [3.05, 3.63) is 0 Å². The van der Waals surface area contributed by atoms with Crippen LogP contribution in [0.2, 0.25) is 0 Å². The number of ether oxygens (including phenoxy) is 1. The molecule has 0 saturated heterocycles. The molecule has 0 aromatic rings. The Kier molecular flexibility index (Phi) is 6.18. The molecule has 0 aromatic carbocycles. The van der Waals surface area contributed by atoms with Gasteiger partial charge in [0.15, 0.2) is 0 Å². The fourth-order valence-electron chi connectivity index (χ4n) is 0.520. The molecule has 0 heterocycles. The molecule has 0 bridgehead atoms. The Hall–Kier alpha value is -0.570. The number of carbonyl (C=O) groups excluding carboxylic acids is 1. The minimum atomic E-state index is -0.184. The molecule has 0 saturated carbocycles. The maximum atomic E-state index is 10.6. The van der Waals surface area contributed by atoms with Gasteiger partial charge in [0.1, 0.15) is 0 Å². The monoisotopic (exact) mass is 145 g/mol. The first kappa shape index (κ1) is 9.43. The van der Waals surface area contributed by atoms with Crippen LogP contribution in [0, 0.1) is 0 Å². The van der Waals surface area contributed by atoms with Crippen LogP contribution in [0.15, 0.2) is 0 Å². The van der Waals surface area contributed by atoms with Gasteiger partial charge in [-0.25, -0.2) is 0 Å². The van der Waals surface area contributed by atoms with Gasteiger partial charge in [0.05, 0.1) is 13.0 Å². The summed E-state index contributed by atoms with van der Waals surface area (Å²) >= 11 is 0. The molecule has 3 heteroatoms. The average Bonchev–Trinajstić information content (AvgIpc) is 1.89. The summed E-state index contributed by atoms with van der Waals surface area (Å²) in [4.78, 5) is 10.6. The van der Waals surface area contributed by atoms with Crippen LogP contribution in [-0.4, -0.2) is 19.1 Å². The third-order valence-corrected chi connectivity index (χ3v) is 1.11. The summed E-state index contributed by atoms with van der Waals surface area (Å²) in [5, 5.41) is 0. The lowest BCUT2D eigenvalue weighted by atomic mass is 10.3. The average molecular weight is 145 g/mol. The predicted molar refractivity (Wildman–Crippen MR) is 39.5 cm³/mol. The molecule has 0 atom stereocenters. The highest BCUT2D eigenvalue weighted by molar-refractivity contribution is 5.69. The summed E-state index contributed by atoms with van der Waals surface area (Å²) < 4.78 is 4.80. The molecule has 2 N–H and O–H groups in total. The number of unbranched alkanes of at least 4 members (excludes halogenated alkanes) is 1. The Bertz CT molecular complexity index is 93.6. The summed E-state index contributed by atoms with van der Waals surface area (Å²) in [6.07, 6.45) is 2.33. The van der Waals surface area contributed by atoms with Crippen LogP contribution in [-0.2, 0) is 9.53 Å². The Morgan fingerprint density at radius 3 is 2.80 bits per heavy atom. The van der Waals surface area contributed by atoms with Crippen LogP contribution in [0.3, 0.4) is 0 Å². The molecule has 0 spiro atoms. The van der Waals surface area contributed by atoms with E-state index in [0.717, 1.165) is 12.8 Å². The minimum Gasteiger partial charge on any atom is -0.466 e. The van der Waals surface area contributed by atoms with Crippen molar-refractivity contribution in [3.8, 4) is 0 Å². The largest absolute Gasteiger partial charge is 0.466 e. The fraction of sp³-hybridized carbons (Fsp3) is 0.857. The van der Waals surface area contributed by atoms with E-state index in [1.54, 1.807) is 0 Å². The van der Waals surface area contributed by atoms with Crippen molar-refractivity contribution in [2.75, 3.05) is 13.2 Å².